The van der Waals surface area contributed by atoms with E-state index in [1.165, 1.54) is 0 Å². The molecule has 2 aromatic rings. The molecule has 0 atom stereocenters. The fourth-order valence-corrected chi connectivity index (χ4v) is 2.70. The predicted molar refractivity (Wildman–Crippen MR) is 99.5 cm³/mol. The van der Waals surface area contributed by atoms with Crippen molar-refractivity contribution in [1.29, 1.82) is 0 Å². The Bertz CT molecular complexity index is 854. The molecule has 0 radical (unpaired) electrons. The Hall–Kier alpha value is -3.02. The van der Waals surface area contributed by atoms with Crippen LogP contribution in [-0.2, 0) is 9.59 Å². The van der Waals surface area contributed by atoms with E-state index in [4.69, 9.17) is 9.47 Å². The third-order valence-electron chi connectivity index (χ3n) is 4.25. The summed E-state index contributed by atoms with van der Waals surface area (Å²) in [5, 5.41) is 5.59. The Labute approximate surface area is 152 Å². The zero-order valence-corrected chi connectivity index (χ0v) is 15.3. The quantitative estimate of drug-likeness (QED) is 0.822. The van der Waals surface area contributed by atoms with Crippen molar-refractivity contribution >= 4 is 23.2 Å². The van der Waals surface area contributed by atoms with Crippen molar-refractivity contribution in [3.63, 3.8) is 0 Å². The number of carbonyl (C=O) groups excluding carboxylic acids is 2. The molecule has 1 aliphatic rings. The first-order valence-corrected chi connectivity index (χ1v) is 8.36. The van der Waals surface area contributed by atoms with Gasteiger partial charge in [-0.25, -0.2) is 0 Å². The van der Waals surface area contributed by atoms with E-state index in [9.17, 15) is 9.59 Å². The Kier molecular flexibility index (Phi) is 4.59. The highest BCUT2D eigenvalue weighted by molar-refractivity contribution is 6.14. The van der Waals surface area contributed by atoms with Crippen LogP contribution >= 0.6 is 0 Å². The number of hydrogen-bond donors (Lipinski definition) is 2. The Morgan fingerprint density at radius 1 is 0.846 bits per heavy atom. The van der Waals surface area contributed by atoms with E-state index >= 15 is 0 Å². The van der Waals surface area contributed by atoms with Gasteiger partial charge in [0.15, 0.2) is 11.5 Å². The largest absolute Gasteiger partial charge is 0.454 e. The lowest BCUT2D eigenvalue weighted by Crippen LogP contribution is -2.41. The lowest BCUT2D eigenvalue weighted by molar-refractivity contribution is -0.135. The first-order valence-electron chi connectivity index (χ1n) is 8.36. The van der Waals surface area contributed by atoms with Crippen LogP contribution in [0.1, 0.15) is 25.0 Å². The van der Waals surface area contributed by atoms with Crippen molar-refractivity contribution in [2.24, 2.45) is 5.41 Å². The average molecular weight is 354 g/mol. The number of ether oxygens (including phenoxy) is 2. The molecule has 0 saturated carbocycles. The first-order chi connectivity index (χ1) is 12.3. The van der Waals surface area contributed by atoms with Gasteiger partial charge in [-0.05, 0) is 63.1 Å². The zero-order chi connectivity index (χ0) is 18.9. The van der Waals surface area contributed by atoms with Crippen LogP contribution in [0, 0.1) is 19.3 Å². The molecule has 0 bridgehead atoms. The summed E-state index contributed by atoms with van der Waals surface area (Å²) in [7, 11) is 0. The van der Waals surface area contributed by atoms with Crippen LogP contribution in [0.3, 0.4) is 0 Å². The highest BCUT2D eigenvalue weighted by Gasteiger charge is 2.36. The Morgan fingerprint density at radius 3 is 2.08 bits per heavy atom. The molecular weight excluding hydrogens is 332 g/mol. The van der Waals surface area contributed by atoms with E-state index < -0.39 is 11.3 Å². The molecule has 2 aromatic carbocycles. The SMILES string of the molecule is Cc1cc(C)cc(NC(=O)C(C)(C)C(=O)Nc2ccc3c(c2)OCO3)c1. The normalized spacial score (nSPS) is 12.6. The molecule has 0 spiro atoms. The maximum atomic E-state index is 12.7. The van der Waals surface area contributed by atoms with E-state index in [-0.39, 0.29) is 12.7 Å². The summed E-state index contributed by atoms with van der Waals surface area (Å²) < 4.78 is 10.6. The summed E-state index contributed by atoms with van der Waals surface area (Å²) in [6, 6.07) is 10.9. The average Bonchev–Trinajstić information content (AvgIpc) is 3.01. The van der Waals surface area contributed by atoms with Crippen molar-refractivity contribution in [3.8, 4) is 11.5 Å². The van der Waals surface area contributed by atoms with Gasteiger partial charge in [-0.1, -0.05) is 6.07 Å². The minimum atomic E-state index is -1.26. The smallest absolute Gasteiger partial charge is 0.239 e. The first kappa shape index (κ1) is 17.8. The molecule has 0 fully saturated rings. The lowest BCUT2D eigenvalue weighted by Gasteiger charge is -2.23. The summed E-state index contributed by atoms with van der Waals surface area (Å²) in [5.41, 5.74) is 2.06. The van der Waals surface area contributed by atoms with E-state index in [0.717, 1.165) is 11.1 Å². The Morgan fingerprint density at radius 2 is 1.42 bits per heavy atom. The minimum absolute atomic E-state index is 0.163. The molecule has 2 amide bonds. The van der Waals surface area contributed by atoms with Gasteiger partial charge in [-0.2, -0.15) is 0 Å². The highest BCUT2D eigenvalue weighted by atomic mass is 16.7. The fraction of sp³-hybridized carbons (Fsp3) is 0.300. The van der Waals surface area contributed by atoms with Crippen LogP contribution in [0.2, 0.25) is 0 Å². The molecular formula is C20H22N2O4. The summed E-state index contributed by atoms with van der Waals surface area (Å²) >= 11 is 0. The van der Waals surface area contributed by atoms with Crippen molar-refractivity contribution in [2.75, 3.05) is 17.4 Å². The summed E-state index contributed by atoms with van der Waals surface area (Å²) in [4.78, 5) is 25.3. The second-order valence-corrected chi connectivity index (χ2v) is 6.98. The van der Waals surface area contributed by atoms with Crippen LogP contribution in [0.4, 0.5) is 11.4 Å². The van der Waals surface area contributed by atoms with Gasteiger partial charge >= 0.3 is 0 Å². The molecule has 0 saturated heterocycles. The third-order valence-corrected chi connectivity index (χ3v) is 4.25. The van der Waals surface area contributed by atoms with E-state index in [1.54, 1.807) is 32.0 Å². The van der Waals surface area contributed by atoms with Crippen molar-refractivity contribution in [2.45, 2.75) is 27.7 Å². The fourth-order valence-electron chi connectivity index (χ4n) is 2.70. The van der Waals surface area contributed by atoms with Crippen LogP contribution in [-0.4, -0.2) is 18.6 Å². The third kappa shape index (κ3) is 3.64. The van der Waals surface area contributed by atoms with Gasteiger partial charge in [0.2, 0.25) is 18.6 Å². The predicted octanol–water partition coefficient (Wildman–Crippen LogP) is 3.64. The molecule has 26 heavy (non-hydrogen) atoms. The number of hydrogen-bond acceptors (Lipinski definition) is 4. The maximum Gasteiger partial charge on any atom is 0.239 e. The molecule has 1 aliphatic heterocycles. The monoisotopic (exact) mass is 354 g/mol. The number of nitrogens with one attached hydrogen (secondary N) is 2. The van der Waals surface area contributed by atoms with E-state index in [0.29, 0.717) is 22.9 Å². The molecule has 0 aliphatic carbocycles. The number of benzene rings is 2. The molecule has 0 unspecified atom stereocenters. The topological polar surface area (TPSA) is 76.7 Å². The molecule has 0 aromatic heterocycles. The molecule has 1 heterocycles. The molecule has 2 N–H and O–H groups in total. The number of rotatable bonds is 4. The van der Waals surface area contributed by atoms with Crippen molar-refractivity contribution in [1.82, 2.24) is 0 Å². The number of aryl methyl sites for hydroxylation is 2. The second kappa shape index (κ2) is 6.71. The van der Waals surface area contributed by atoms with Crippen LogP contribution in [0.25, 0.3) is 0 Å². The van der Waals surface area contributed by atoms with Crippen LogP contribution in [0.5, 0.6) is 11.5 Å². The zero-order valence-electron chi connectivity index (χ0n) is 15.3. The summed E-state index contributed by atoms with van der Waals surface area (Å²) in [5.74, 6) is 0.425. The molecule has 6 heteroatoms. The number of fused-ring (bicyclic) bond motifs is 1. The molecule has 6 nitrogen and oxygen atoms in total. The van der Waals surface area contributed by atoms with Gasteiger partial charge in [-0.15, -0.1) is 0 Å². The molecule has 136 valence electrons. The van der Waals surface area contributed by atoms with Gasteiger partial charge in [-0.3, -0.25) is 9.59 Å². The van der Waals surface area contributed by atoms with Gasteiger partial charge in [0, 0.05) is 17.4 Å². The Balaban J connectivity index is 1.71. The maximum absolute atomic E-state index is 12.7. The summed E-state index contributed by atoms with van der Waals surface area (Å²) in [6.07, 6.45) is 0. The minimum Gasteiger partial charge on any atom is -0.454 e. The second-order valence-electron chi connectivity index (χ2n) is 6.98. The van der Waals surface area contributed by atoms with Gasteiger partial charge < -0.3 is 20.1 Å². The van der Waals surface area contributed by atoms with Gasteiger partial charge in [0.05, 0.1) is 0 Å². The van der Waals surface area contributed by atoms with Crippen LogP contribution in [0.15, 0.2) is 36.4 Å². The standard InChI is InChI=1S/C20H22N2O4/c1-12-7-13(2)9-15(8-12)22-19(24)20(3,4)18(23)21-14-5-6-16-17(10-14)26-11-25-16/h5-10H,11H2,1-4H3,(H,21,23)(H,22,24). The summed E-state index contributed by atoms with van der Waals surface area (Å²) in [6.45, 7) is 7.26. The van der Waals surface area contributed by atoms with Crippen molar-refractivity contribution < 1.29 is 19.1 Å². The highest BCUT2D eigenvalue weighted by Crippen LogP contribution is 2.34. The van der Waals surface area contributed by atoms with E-state index in [1.807, 2.05) is 32.0 Å². The van der Waals surface area contributed by atoms with E-state index in [2.05, 4.69) is 10.6 Å². The number of carbonyl (C=O) groups is 2. The number of anilines is 2. The van der Waals surface area contributed by atoms with Gasteiger partial charge in [0.1, 0.15) is 5.41 Å². The lowest BCUT2D eigenvalue weighted by atomic mass is 9.90. The number of amides is 2. The van der Waals surface area contributed by atoms with Crippen LogP contribution < -0.4 is 20.1 Å². The van der Waals surface area contributed by atoms with Gasteiger partial charge in [0.25, 0.3) is 0 Å². The van der Waals surface area contributed by atoms with Crippen molar-refractivity contribution in [3.05, 3.63) is 47.5 Å². The molecule has 3 rings (SSSR count).